The van der Waals surface area contributed by atoms with E-state index < -0.39 is 12.3 Å². The highest BCUT2D eigenvalue weighted by atomic mass is 19.1. The number of nitrogens with zero attached hydrogens (tertiary/aromatic N) is 3. The lowest BCUT2D eigenvalue weighted by Gasteiger charge is -2.12. The van der Waals surface area contributed by atoms with E-state index in [9.17, 15) is 9.50 Å². The summed E-state index contributed by atoms with van der Waals surface area (Å²) < 4.78 is 15.8. The highest BCUT2D eigenvalue weighted by molar-refractivity contribution is 5.23. The second-order valence-corrected chi connectivity index (χ2v) is 5.68. The molecule has 3 atom stereocenters. The number of rotatable bonds is 3. The lowest BCUT2D eigenvalue weighted by Crippen LogP contribution is -2.09. The van der Waals surface area contributed by atoms with Gasteiger partial charge in [-0.3, -0.25) is 0 Å². The van der Waals surface area contributed by atoms with E-state index >= 15 is 0 Å². The van der Waals surface area contributed by atoms with Gasteiger partial charge < -0.3 is 5.11 Å². The van der Waals surface area contributed by atoms with Gasteiger partial charge in [-0.1, -0.05) is 30.3 Å². The highest BCUT2D eigenvalue weighted by Gasteiger charge is 2.39. The molecule has 20 heavy (non-hydrogen) atoms. The van der Waals surface area contributed by atoms with Gasteiger partial charge in [-0.15, -0.1) is 0 Å². The number of fused-ring (bicyclic) bond motifs is 1. The smallest absolute Gasteiger partial charge is 0.179 e. The van der Waals surface area contributed by atoms with Crippen LogP contribution in [0, 0.1) is 5.92 Å². The number of benzene rings is 1. The van der Waals surface area contributed by atoms with E-state index in [2.05, 4.69) is 10.1 Å². The third-order valence-corrected chi connectivity index (χ3v) is 4.20. The Morgan fingerprint density at radius 2 is 2.00 bits per heavy atom. The van der Waals surface area contributed by atoms with Crippen LogP contribution < -0.4 is 0 Å². The molecule has 1 aromatic heterocycles. The van der Waals surface area contributed by atoms with Crippen molar-refractivity contribution in [3.05, 3.63) is 47.5 Å². The van der Waals surface area contributed by atoms with Crippen molar-refractivity contribution in [2.75, 3.05) is 0 Å². The van der Waals surface area contributed by atoms with Gasteiger partial charge in [-0.2, -0.15) is 5.10 Å². The van der Waals surface area contributed by atoms with Crippen LogP contribution >= 0.6 is 0 Å². The van der Waals surface area contributed by atoms with E-state index in [1.807, 2.05) is 30.3 Å². The van der Waals surface area contributed by atoms with Crippen molar-refractivity contribution in [2.45, 2.75) is 37.6 Å². The second-order valence-electron chi connectivity index (χ2n) is 5.68. The van der Waals surface area contributed by atoms with Crippen molar-refractivity contribution in [2.24, 2.45) is 5.92 Å². The molecule has 0 saturated heterocycles. The third kappa shape index (κ3) is 1.85. The SMILES string of the molecule is O[C@H](c1nc2n(n1)[C@@H](c1ccccc1)C[C@H]2F)C1CC1. The van der Waals surface area contributed by atoms with Crippen LogP contribution in [0.3, 0.4) is 0 Å². The summed E-state index contributed by atoms with van der Waals surface area (Å²) in [6, 6.07) is 9.66. The summed E-state index contributed by atoms with van der Waals surface area (Å²) in [4.78, 5) is 4.24. The Kier molecular flexibility index (Phi) is 2.63. The van der Waals surface area contributed by atoms with Gasteiger partial charge >= 0.3 is 0 Å². The van der Waals surface area contributed by atoms with Crippen LogP contribution in [0.4, 0.5) is 4.39 Å². The Morgan fingerprint density at radius 3 is 2.70 bits per heavy atom. The predicted octanol–water partition coefficient (Wildman–Crippen LogP) is 2.73. The normalized spacial score (nSPS) is 26.5. The van der Waals surface area contributed by atoms with Gasteiger partial charge in [-0.05, 0) is 24.3 Å². The first-order valence-electron chi connectivity index (χ1n) is 7.07. The molecular weight excluding hydrogens is 257 g/mol. The maximum absolute atomic E-state index is 14.1. The predicted molar refractivity (Wildman–Crippen MR) is 70.8 cm³/mol. The first-order chi connectivity index (χ1) is 9.74. The summed E-state index contributed by atoms with van der Waals surface area (Å²) in [7, 11) is 0. The number of hydrogen-bond acceptors (Lipinski definition) is 3. The minimum Gasteiger partial charge on any atom is -0.385 e. The number of aromatic nitrogens is 3. The van der Waals surface area contributed by atoms with Crippen molar-refractivity contribution < 1.29 is 9.50 Å². The summed E-state index contributed by atoms with van der Waals surface area (Å²) in [5.41, 5.74) is 1.03. The molecule has 4 nitrogen and oxygen atoms in total. The highest BCUT2D eigenvalue weighted by Crippen LogP contribution is 2.43. The Labute approximate surface area is 116 Å². The molecule has 1 aliphatic heterocycles. The van der Waals surface area contributed by atoms with Crippen LogP contribution in [0.5, 0.6) is 0 Å². The summed E-state index contributed by atoms with van der Waals surface area (Å²) in [5, 5.41) is 14.5. The Hall–Kier alpha value is -1.75. The number of alkyl halides is 1. The van der Waals surface area contributed by atoms with Crippen molar-refractivity contribution in [1.82, 2.24) is 14.8 Å². The van der Waals surface area contributed by atoms with Gasteiger partial charge in [0.1, 0.15) is 6.10 Å². The summed E-state index contributed by atoms with van der Waals surface area (Å²) in [6.45, 7) is 0. The molecule has 2 aliphatic rings. The maximum Gasteiger partial charge on any atom is 0.179 e. The summed E-state index contributed by atoms with van der Waals surface area (Å²) >= 11 is 0. The van der Waals surface area contributed by atoms with E-state index in [0.29, 0.717) is 18.1 Å². The molecule has 1 saturated carbocycles. The molecule has 0 bridgehead atoms. The Balaban J connectivity index is 1.71. The van der Waals surface area contributed by atoms with E-state index in [0.717, 1.165) is 18.4 Å². The van der Waals surface area contributed by atoms with Crippen LogP contribution in [0.2, 0.25) is 0 Å². The van der Waals surface area contributed by atoms with Gasteiger partial charge in [0.05, 0.1) is 6.04 Å². The largest absolute Gasteiger partial charge is 0.385 e. The first-order valence-corrected chi connectivity index (χ1v) is 7.07. The lowest BCUT2D eigenvalue weighted by molar-refractivity contribution is 0.143. The Bertz CT molecular complexity index is 623. The van der Waals surface area contributed by atoms with Gasteiger partial charge in [-0.25, -0.2) is 14.1 Å². The summed E-state index contributed by atoms with van der Waals surface area (Å²) in [5.74, 6) is 0.991. The zero-order valence-corrected chi connectivity index (χ0v) is 11.0. The topological polar surface area (TPSA) is 50.9 Å². The summed E-state index contributed by atoms with van der Waals surface area (Å²) in [6.07, 6.45) is 0.641. The van der Waals surface area contributed by atoms with E-state index in [1.54, 1.807) is 4.68 Å². The zero-order chi connectivity index (χ0) is 13.7. The molecule has 2 heterocycles. The molecular formula is C15H16FN3O. The number of aliphatic hydroxyl groups excluding tert-OH is 1. The second kappa shape index (κ2) is 4.38. The molecule has 104 valence electrons. The fourth-order valence-corrected chi connectivity index (χ4v) is 2.90. The standard InChI is InChI=1S/C15H16FN3O/c16-11-8-12(9-4-2-1-3-5-9)19-15(11)17-14(18-19)13(20)10-6-7-10/h1-5,10-13,20H,6-8H2/t11-,12-,13+/m1/s1. The van der Waals surface area contributed by atoms with Gasteiger partial charge in [0.2, 0.25) is 0 Å². The average molecular weight is 273 g/mol. The first kappa shape index (κ1) is 12.0. The van der Waals surface area contributed by atoms with Crippen molar-refractivity contribution in [1.29, 1.82) is 0 Å². The van der Waals surface area contributed by atoms with Crippen molar-refractivity contribution >= 4 is 0 Å². The molecule has 4 rings (SSSR count). The molecule has 0 amide bonds. The zero-order valence-electron chi connectivity index (χ0n) is 11.0. The molecule has 1 N–H and O–H groups in total. The molecule has 0 spiro atoms. The molecule has 1 fully saturated rings. The molecule has 1 aromatic carbocycles. The number of hydrogen-bond donors (Lipinski definition) is 1. The van der Waals surface area contributed by atoms with Crippen LogP contribution in [0.1, 0.15) is 54.8 Å². The molecule has 0 unspecified atom stereocenters. The monoisotopic (exact) mass is 273 g/mol. The van der Waals surface area contributed by atoms with Gasteiger partial charge in [0, 0.05) is 6.42 Å². The maximum atomic E-state index is 14.1. The van der Waals surface area contributed by atoms with Gasteiger partial charge in [0.25, 0.3) is 0 Å². The van der Waals surface area contributed by atoms with Crippen LogP contribution in [-0.4, -0.2) is 19.9 Å². The molecule has 5 heteroatoms. The van der Waals surface area contributed by atoms with Crippen LogP contribution in [0.25, 0.3) is 0 Å². The number of aliphatic hydroxyl groups is 1. The third-order valence-electron chi connectivity index (χ3n) is 4.20. The van der Waals surface area contributed by atoms with E-state index in [1.165, 1.54) is 0 Å². The number of halogens is 1. The van der Waals surface area contributed by atoms with Crippen LogP contribution in [-0.2, 0) is 0 Å². The Morgan fingerprint density at radius 1 is 1.25 bits per heavy atom. The molecule has 1 aliphatic carbocycles. The fraction of sp³-hybridized carbons (Fsp3) is 0.467. The van der Waals surface area contributed by atoms with E-state index in [4.69, 9.17) is 0 Å². The van der Waals surface area contributed by atoms with Gasteiger partial charge in [0.15, 0.2) is 17.8 Å². The van der Waals surface area contributed by atoms with Crippen molar-refractivity contribution in [3.63, 3.8) is 0 Å². The van der Waals surface area contributed by atoms with E-state index in [-0.39, 0.29) is 12.0 Å². The molecule has 0 radical (unpaired) electrons. The quantitative estimate of drug-likeness (QED) is 0.935. The van der Waals surface area contributed by atoms with Crippen molar-refractivity contribution in [3.8, 4) is 0 Å². The fourth-order valence-electron chi connectivity index (χ4n) is 2.90. The molecule has 2 aromatic rings. The average Bonchev–Trinajstić information content (AvgIpc) is 3.15. The van der Waals surface area contributed by atoms with Crippen LogP contribution in [0.15, 0.2) is 30.3 Å². The minimum atomic E-state index is -1.10. The lowest BCUT2D eigenvalue weighted by atomic mass is 10.0. The minimum absolute atomic E-state index is 0.117.